The molecular weight excluding hydrogens is 505 g/mol. The average molecular weight is 526 g/mol. The van der Waals surface area contributed by atoms with Crippen LogP contribution in [0.4, 0.5) is 22.0 Å². The lowest BCUT2D eigenvalue weighted by atomic mass is 9.76. The lowest BCUT2D eigenvalue weighted by Gasteiger charge is -2.41. The van der Waals surface area contributed by atoms with Crippen molar-refractivity contribution in [3.05, 3.63) is 63.9 Å². The average Bonchev–Trinajstić information content (AvgIpc) is 2.74. The van der Waals surface area contributed by atoms with E-state index in [1.165, 1.54) is 12.1 Å². The third-order valence-corrected chi connectivity index (χ3v) is 7.37. The molecule has 1 atom stereocenters. The van der Waals surface area contributed by atoms with E-state index in [-0.39, 0.29) is 31.2 Å². The standard InChI is InChI=1S/C22H21ClF5NO4S/c1-34(32,33)17-11-12(22(26,27)28)5-6-14(17)20(30)29-19(15-3-2-4-16(25)18(15)23)21(31)9-7-13(24)8-10-21/h2-6,11,13,19,31H,7-10H2,1H3,(H,29,30)/t13-,19?,21+. The summed E-state index contributed by atoms with van der Waals surface area (Å²) in [5.74, 6) is -1.98. The van der Waals surface area contributed by atoms with Crippen molar-refractivity contribution < 1.29 is 40.3 Å². The molecule has 3 rings (SSSR count). The van der Waals surface area contributed by atoms with Gasteiger partial charge in [0.05, 0.1) is 32.7 Å². The Labute approximate surface area is 197 Å². The van der Waals surface area contributed by atoms with Gasteiger partial charge in [0.2, 0.25) is 0 Å². The fraction of sp³-hybridized carbons (Fsp3) is 0.409. The molecule has 2 N–H and O–H groups in total. The predicted octanol–water partition coefficient (Wildman–Crippen LogP) is 5.02. The van der Waals surface area contributed by atoms with Crippen LogP contribution in [0.2, 0.25) is 5.02 Å². The van der Waals surface area contributed by atoms with Crippen LogP contribution in [0.1, 0.15) is 53.2 Å². The molecule has 1 aliphatic rings. The van der Waals surface area contributed by atoms with Crippen LogP contribution in [0.15, 0.2) is 41.3 Å². The Kier molecular flexibility index (Phi) is 7.31. The number of carbonyl (C=O) groups excluding carboxylic acids is 1. The molecule has 1 amide bonds. The molecule has 0 radical (unpaired) electrons. The number of alkyl halides is 4. The van der Waals surface area contributed by atoms with Crippen LogP contribution in [-0.4, -0.2) is 37.5 Å². The minimum atomic E-state index is -4.85. The zero-order chi connectivity index (χ0) is 25.5. The summed E-state index contributed by atoms with van der Waals surface area (Å²) in [6, 6.07) is 3.87. The van der Waals surface area contributed by atoms with E-state index in [1.54, 1.807) is 0 Å². The summed E-state index contributed by atoms with van der Waals surface area (Å²) in [6.45, 7) is 0. The molecule has 0 bridgehead atoms. The summed E-state index contributed by atoms with van der Waals surface area (Å²) in [6.07, 6.45) is -5.75. The van der Waals surface area contributed by atoms with Gasteiger partial charge in [0.15, 0.2) is 9.84 Å². The molecule has 2 aromatic carbocycles. The monoisotopic (exact) mass is 525 g/mol. The van der Waals surface area contributed by atoms with E-state index >= 15 is 0 Å². The van der Waals surface area contributed by atoms with Gasteiger partial charge in [0, 0.05) is 6.26 Å². The lowest BCUT2D eigenvalue weighted by molar-refractivity contribution is -0.137. The third kappa shape index (κ3) is 5.52. The van der Waals surface area contributed by atoms with Gasteiger partial charge in [-0.25, -0.2) is 17.2 Å². The maximum atomic E-state index is 14.2. The number of hydrogen-bond donors (Lipinski definition) is 2. The van der Waals surface area contributed by atoms with Crippen LogP contribution in [0.25, 0.3) is 0 Å². The molecule has 0 spiro atoms. The normalized spacial score (nSPS) is 22.3. The second-order valence-corrected chi connectivity index (χ2v) is 10.7. The minimum absolute atomic E-state index is 0.0392. The van der Waals surface area contributed by atoms with Gasteiger partial charge < -0.3 is 10.4 Å². The van der Waals surface area contributed by atoms with E-state index in [2.05, 4.69) is 5.32 Å². The number of nitrogens with one attached hydrogen (secondary N) is 1. The highest BCUT2D eigenvalue weighted by atomic mass is 35.5. The molecule has 5 nitrogen and oxygen atoms in total. The van der Waals surface area contributed by atoms with Crippen molar-refractivity contribution in [2.45, 2.75) is 54.6 Å². The summed E-state index contributed by atoms with van der Waals surface area (Å²) in [7, 11) is -4.28. The Balaban J connectivity index is 2.09. The number of hydrogen-bond acceptors (Lipinski definition) is 4. The fourth-order valence-corrected chi connectivity index (χ4v) is 5.15. The first kappa shape index (κ1) is 26.4. The van der Waals surface area contributed by atoms with Crippen LogP contribution < -0.4 is 5.32 Å². The van der Waals surface area contributed by atoms with Crippen molar-refractivity contribution in [1.29, 1.82) is 0 Å². The van der Waals surface area contributed by atoms with Crippen molar-refractivity contribution >= 4 is 27.3 Å². The van der Waals surface area contributed by atoms with E-state index in [0.29, 0.717) is 24.5 Å². The molecule has 0 heterocycles. The minimum Gasteiger partial charge on any atom is -0.387 e. The third-order valence-electron chi connectivity index (χ3n) is 5.84. The van der Waals surface area contributed by atoms with Crippen LogP contribution in [-0.2, 0) is 16.0 Å². The van der Waals surface area contributed by atoms with Crippen LogP contribution in [0.3, 0.4) is 0 Å². The van der Waals surface area contributed by atoms with E-state index in [4.69, 9.17) is 11.6 Å². The number of rotatable bonds is 5. The zero-order valence-corrected chi connectivity index (χ0v) is 19.4. The van der Waals surface area contributed by atoms with E-state index in [0.717, 1.165) is 6.07 Å². The molecule has 0 saturated heterocycles. The van der Waals surface area contributed by atoms with Crippen LogP contribution >= 0.6 is 11.6 Å². The molecule has 1 aliphatic carbocycles. The molecule has 1 fully saturated rings. The predicted molar refractivity (Wildman–Crippen MR) is 114 cm³/mol. The highest BCUT2D eigenvalue weighted by molar-refractivity contribution is 7.90. The van der Waals surface area contributed by atoms with Crippen molar-refractivity contribution in [2.75, 3.05) is 6.26 Å². The Morgan fingerprint density at radius 1 is 1.21 bits per heavy atom. The van der Waals surface area contributed by atoms with Crippen LogP contribution in [0.5, 0.6) is 0 Å². The molecule has 12 heteroatoms. The number of amides is 1. The Morgan fingerprint density at radius 3 is 2.38 bits per heavy atom. The van der Waals surface area contributed by atoms with Gasteiger partial charge in [0.1, 0.15) is 12.0 Å². The second kappa shape index (κ2) is 9.43. The summed E-state index contributed by atoms with van der Waals surface area (Å²) >= 11 is 6.07. The van der Waals surface area contributed by atoms with Gasteiger partial charge >= 0.3 is 6.18 Å². The smallest absolute Gasteiger partial charge is 0.387 e. The van der Waals surface area contributed by atoms with Crippen molar-refractivity contribution in [3.63, 3.8) is 0 Å². The van der Waals surface area contributed by atoms with Crippen LogP contribution in [0, 0.1) is 5.82 Å². The summed E-state index contributed by atoms with van der Waals surface area (Å²) in [5.41, 5.74) is -3.68. The van der Waals surface area contributed by atoms with Crippen molar-refractivity contribution in [1.82, 2.24) is 5.32 Å². The number of sulfone groups is 1. The lowest BCUT2D eigenvalue weighted by Crippen LogP contribution is -2.49. The summed E-state index contributed by atoms with van der Waals surface area (Å²) in [5, 5.41) is 13.3. The van der Waals surface area contributed by atoms with Gasteiger partial charge in [-0.2, -0.15) is 13.2 Å². The zero-order valence-electron chi connectivity index (χ0n) is 17.8. The Bertz CT molecular complexity index is 1190. The maximum absolute atomic E-state index is 14.2. The molecule has 0 aromatic heterocycles. The first-order chi connectivity index (χ1) is 15.6. The molecule has 1 unspecified atom stereocenters. The van der Waals surface area contributed by atoms with Gasteiger partial charge in [-0.1, -0.05) is 23.7 Å². The second-order valence-electron chi connectivity index (χ2n) is 8.31. The molecule has 2 aromatic rings. The fourth-order valence-electron chi connectivity index (χ4n) is 4.02. The molecule has 0 aliphatic heterocycles. The van der Waals surface area contributed by atoms with Gasteiger partial charge in [-0.05, 0) is 55.5 Å². The SMILES string of the molecule is CS(=O)(=O)c1cc(C(F)(F)F)ccc1C(=O)NC(c1cccc(F)c1Cl)[C@]1(O)CC[C@@H](F)CC1. The van der Waals surface area contributed by atoms with E-state index < -0.39 is 66.6 Å². The van der Waals surface area contributed by atoms with Gasteiger partial charge in [0.25, 0.3) is 5.91 Å². The highest BCUT2D eigenvalue weighted by Crippen LogP contribution is 2.42. The summed E-state index contributed by atoms with van der Waals surface area (Å²) < 4.78 is 91.6. The van der Waals surface area contributed by atoms with E-state index in [1.807, 2.05) is 0 Å². The molecule has 1 saturated carbocycles. The highest BCUT2D eigenvalue weighted by Gasteiger charge is 2.43. The maximum Gasteiger partial charge on any atom is 0.416 e. The quantitative estimate of drug-likeness (QED) is 0.537. The van der Waals surface area contributed by atoms with Crippen molar-refractivity contribution in [2.24, 2.45) is 0 Å². The Morgan fingerprint density at radius 2 is 1.82 bits per heavy atom. The Hall–Kier alpha value is -2.24. The molecule has 186 valence electrons. The number of benzene rings is 2. The van der Waals surface area contributed by atoms with Gasteiger partial charge in [-0.15, -0.1) is 0 Å². The number of halogens is 6. The first-order valence-corrected chi connectivity index (χ1v) is 12.4. The molecule has 34 heavy (non-hydrogen) atoms. The first-order valence-electron chi connectivity index (χ1n) is 10.2. The summed E-state index contributed by atoms with van der Waals surface area (Å²) in [4.78, 5) is 12.3. The van der Waals surface area contributed by atoms with Crippen molar-refractivity contribution in [3.8, 4) is 0 Å². The number of aliphatic hydroxyl groups is 1. The largest absolute Gasteiger partial charge is 0.416 e. The topological polar surface area (TPSA) is 83.5 Å². The molecular formula is C22H21ClF5NO4S. The van der Waals surface area contributed by atoms with Gasteiger partial charge in [-0.3, -0.25) is 4.79 Å². The number of carbonyl (C=O) groups is 1. The van der Waals surface area contributed by atoms with E-state index in [9.17, 15) is 40.3 Å².